The second-order valence-corrected chi connectivity index (χ2v) is 32.6. The van der Waals surface area contributed by atoms with Gasteiger partial charge in [-0.05, 0) is 182 Å². The van der Waals surface area contributed by atoms with Gasteiger partial charge in [0.25, 0.3) is 0 Å². The summed E-state index contributed by atoms with van der Waals surface area (Å²) in [5.74, 6) is 1.41. The molecule has 0 amide bonds. The summed E-state index contributed by atoms with van der Waals surface area (Å²) in [5, 5.41) is 2.69. The topological polar surface area (TPSA) is 51.6 Å². The number of hydrogen-bond acceptors (Lipinski definition) is 6. The van der Waals surface area contributed by atoms with Crippen molar-refractivity contribution in [3.8, 4) is 155 Å². The lowest BCUT2D eigenvalue weighted by Gasteiger charge is -2.30. The van der Waals surface area contributed by atoms with E-state index in [2.05, 4.69) is 388 Å². The first kappa shape index (κ1) is 67.3. The molecule has 2 spiro atoms. The second kappa shape index (κ2) is 27.2. The van der Waals surface area contributed by atoms with Crippen LogP contribution in [0.4, 0.5) is 0 Å². The minimum absolute atomic E-state index is 0.374. The minimum Gasteiger partial charge on any atom is -0.228 e. The van der Waals surface area contributed by atoms with Gasteiger partial charge in [0.05, 0.1) is 33.6 Å². The first-order valence-corrected chi connectivity index (χ1v) is 41.3. The molecule has 4 nitrogen and oxygen atoms in total. The maximum atomic E-state index is 5.35. The molecule has 6 heteroatoms. The number of fused-ring (bicyclic) bond motifs is 24. The van der Waals surface area contributed by atoms with Crippen LogP contribution in [0.15, 0.2) is 413 Å². The van der Waals surface area contributed by atoms with E-state index in [-0.39, 0.29) is 5.41 Å². The monoisotopic (exact) mass is 1510 g/mol. The Labute approximate surface area is 681 Å². The largest absolute Gasteiger partial charge is 0.228 e. The third-order valence-corrected chi connectivity index (χ3v) is 26.6. The van der Waals surface area contributed by atoms with Crippen molar-refractivity contribution in [2.45, 2.75) is 10.8 Å². The van der Waals surface area contributed by atoms with Gasteiger partial charge in [-0.15, -0.1) is 22.7 Å². The molecule has 0 fully saturated rings. The van der Waals surface area contributed by atoms with Crippen molar-refractivity contribution >= 4 is 42.8 Å². The Morgan fingerprint density at radius 3 is 1.01 bits per heavy atom. The van der Waals surface area contributed by atoms with Crippen molar-refractivity contribution < 1.29 is 0 Å². The molecule has 4 heterocycles. The van der Waals surface area contributed by atoms with E-state index in [1.807, 2.05) is 46.9 Å². The fourth-order valence-corrected chi connectivity index (χ4v) is 21.9. The average Bonchev–Trinajstić information content (AvgIpc) is 1.50. The Bertz CT molecular complexity index is 7350. The molecule has 0 saturated carbocycles. The van der Waals surface area contributed by atoms with Gasteiger partial charge in [-0.2, -0.15) is 0 Å². The molecule has 0 bridgehead atoms. The summed E-state index contributed by atoms with van der Waals surface area (Å²) in [4.78, 5) is 23.7. The Balaban J connectivity index is 0.000000137. The number of benzene rings is 16. The molecule has 4 aromatic heterocycles. The molecule has 24 rings (SSSR count). The Hall–Kier alpha value is -14.4. The second-order valence-electron chi connectivity index (χ2n) is 30.5. The van der Waals surface area contributed by atoms with Crippen LogP contribution >= 0.6 is 22.7 Å². The molecule has 2 unspecified atom stereocenters. The van der Waals surface area contributed by atoms with Crippen molar-refractivity contribution in [1.82, 2.24) is 19.9 Å². The lowest BCUT2D eigenvalue weighted by molar-refractivity contribution is 0.803. The third-order valence-electron chi connectivity index (χ3n) is 24.2. The smallest absolute Gasteiger partial charge is 0.160 e. The van der Waals surface area contributed by atoms with Gasteiger partial charge >= 0.3 is 0 Å². The van der Waals surface area contributed by atoms with E-state index < -0.39 is 5.41 Å². The predicted molar refractivity (Wildman–Crippen MR) is 482 cm³/mol. The first-order chi connectivity index (χ1) is 57.5. The molecule has 4 aliphatic carbocycles. The van der Waals surface area contributed by atoms with Crippen LogP contribution in [0.1, 0.15) is 44.5 Å². The van der Waals surface area contributed by atoms with Crippen molar-refractivity contribution in [3.05, 3.63) is 457 Å². The molecule has 116 heavy (non-hydrogen) atoms. The molecule has 540 valence electrons. The number of nitrogens with zero attached hydrogens (tertiary/aromatic N) is 4. The number of rotatable bonds is 10. The van der Waals surface area contributed by atoms with Gasteiger partial charge in [0.1, 0.15) is 0 Å². The van der Waals surface area contributed by atoms with Crippen LogP contribution in [0, 0.1) is 0 Å². The third kappa shape index (κ3) is 10.5. The van der Waals surface area contributed by atoms with Crippen LogP contribution < -0.4 is 0 Å². The molecule has 0 saturated heterocycles. The summed E-state index contributed by atoms with van der Waals surface area (Å²) >= 11 is 3.85. The summed E-state index contributed by atoms with van der Waals surface area (Å²) in [6.07, 6.45) is 0. The van der Waals surface area contributed by atoms with Crippen molar-refractivity contribution in [3.63, 3.8) is 0 Å². The highest BCUT2D eigenvalue weighted by atomic mass is 32.1. The average molecular weight is 1510 g/mol. The van der Waals surface area contributed by atoms with Crippen LogP contribution in [0.25, 0.3) is 176 Å². The normalized spacial score (nSPS) is 14.6. The van der Waals surface area contributed by atoms with Gasteiger partial charge in [0, 0.05) is 52.5 Å². The Kier molecular flexibility index (Phi) is 15.8. The fraction of sp³-hybridized carbons (Fsp3) is 0.0182. The molecular weight excluding hydrogens is 1440 g/mol. The van der Waals surface area contributed by atoms with E-state index >= 15 is 0 Å². The first-order valence-electron chi connectivity index (χ1n) is 39.6. The summed E-state index contributed by atoms with van der Waals surface area (Å²) in [6, 6.07) is 149. The molecule has 16 aromatic carbocycles. The fourth-order valence-electron chi connectivity index (χ4n) is 19.3. The van der Waals surface area contributed by atoms with Gasteiger partial charge in [0.2, 0.25) is 0 Å². The van der Waals surface area contributed by atoms with Gasteiger partial charge in [-0.3, -0.25) is 0 Å². The lowest BCUT2D eigenvalue weighted by atomic mass is 9.70. The molecular formula is C110H68N4S2. The molecule has 0 N–H and O–H groups in total. The van der Waals surface area contributed by atoms with Crippen LogP contribution in [-0.2, 0) is 10.8 Å². The molecule has 20 aromatic rings. The zero-order valence-electron chi connectivity index (χ0n) is 62.9. The van der Waals surface area contributed by atoms with Crippen molar-refractivity contribution in [2.75, 3.05) is 0 Å². The zero-order valence-corrected chi connectivity index (χ0v) is 64.5. The Morgan fingerprint density at radius 1 is 0.181 bits per heavy atom. The quantitative estimate of drug-likeness (QED) is 0.137. The minimum atomic E-state index is -0.436. The maximum Gasteiger partial charge on any atom is 0.160 e. The number of aromatic nitrogens is 4. The lowest BCUT2D eigenvalue weighted by Crippen LogP contribution is -2.25. The van der Waals surface area contributed by atoms with Gasteiger partial charge < -0.3 is 0 Å². The van der Waals surface area contributed by atoms with Crippen molar-refractivity contribution in [2.24, 2.45) is 0 Å². The van der Waals surface area contributed by atoms with Crippen LogP contribution in [0.3, 0.4) is 0 Å². The van der Waals surface area contributed by atoms with Crippen LogP contribution in [0.2, 0.25) is 0 Å². The van der Waals surface area contributed by atoms with E-state index in [0.717, 1.165) is 78.4 Å². The van der Waals surface area contributed by atoms with Gasteiger partial charge in [-0.25, -0.2) is 19.9 Å². The van der Waals surface area contributed by atoms with E-state index in [1.54, 1.807) is 0 Å². The Morgan fingerprint density at radius 2 is 0.500 bits per heavy atom. The predicted octanol–water partition coefficient (Wildman–Crippen LogP) is 28.7. The van der Waals surface area contributed by atoms with E-state index in [4.69, 9.17) is 19.9 Å². The highest BCUT2D eigenvalue weighted by molar-refractivity contribution is 7.23. The highest BCUT2D eigenvalue weighted by Gasteiger charge is 2.55. The van der Waals surface area contributed by atoms with Gasteiger partial charge in [-0.1, -0.05) is 364 Å². The van der Waals surface area contributed by atoms with E-state index in [1.165, 1.54) is 130 Å². The molecule has 2 atom stereocenters. The van der Waals surface area contributed by atoms with E-state index in [9.17, 15) is 0 Å². The van der Waals surface area contributed by atoms with E-state index in [0.29, 0.717) is 11.6 Å². The zero-order chi connectivity index (χ0) is 76.4. The summed E-state index contributed by atoms with van der Waals surface area (Å²) in [6.45, 7) is 0. The maximum absolute atomic E-state index is 5.35. The molecule has 4 aliphatic rings. The summed E-state index contributed by atoms with van der Waals surface area (Å²) < 4.78 is 2.67. The van der Waals surface area contributed by atoms with Crippen molar-refractivity contribution in [1.29, 1.82) is 0 Å². The summed E-state index contributed by atoms with van der Waals surface area (Å²) in [5.41, 5.74) is 37.2. The van der Waals surface area contributed by atoms with Crippen LogP contribution in [0.5, 0.6) is 0 Å². The van der Waals surface area contributed by atoms with Gasteiger partial charge in [0.15, 0.2) is 11.6 Å². The number of thiophene rings is 2. The van der Waals surface area contributed by atoms with Crippen LogP contribution in [-0.4, -0.2) is 19.9 Å². The molecule has 0 radical (unpaired) electrons. The SMILES string of the molecule is c1ccc(-c2cccc(-c3cc(-c4cccc(-c5ccc6c(c5)-c5ccccc5C65c6ccccc6-c6sc7ccccc7c65)c4)nc(-c4ccccc4)n3)c2)cc1.c1ccc(-c2cccc(-c3cc(-c4ccccc4-c4cccc5c4-c4ccccc4C54c5ccccc5-c5sc6ccccc6c54)nc(-c4ccccc4)n3)c2)cc1. The molecule has 0 aliphatic heterocycles. The standard InChI is InChI=1S/2C55H34N2S/c1-3-15-35(16-4-1)37-19-13-21-40(31-37)49-34-50(57-54(56-49)36-17-5-2-6-18-36)41-22-14-20-38(32-41)39-29-30-48-45(33-39)42-23-7-10-26-46(42)55(48)47-27-11-8-24-43(47)53-52(55)44-25-9-12-28-51(44)58-53;1-3-17-35(18-4-1)37-21-15-22-38(33-37)48-34-49(57-54(56-48)36-19-5-2-6-20-36)40-24-8-7-23-39(40)41-28-16-31-47-51(41)42-25-9-12-29-45(42)55(47)46-30-13-10-26-43(46)53-52(55)44-27-11-14-32-50(44)58-53/h2*1-34H. The highest BCUT2D eigenvalue weighted by Crippen LogP contribution is 2.69. The summed E-state index contributed by atoms with van der Waals surface area (Å²) in [7, 11) is 0. The number of hydrogen-bond donors (Lipinski definition) is 0.